The molecule has 1 atom stereocenters. The van der Waals surface area contributed by atoms with Crippen molar-refractivity contribution in [3.8, 4) is 16.9 Å². The largest absolute Gasteiger partial charge is 0.479 e. The van der Waals surface area contributed by atoms with Crippen LogP contribution in [0.15, 0.2) is 97.2 Å². The fourth-order valence-corrected chi connectivity index (χ4v) is 3.92. The smallest absolute Gasteiger partial charge is 0.344 e. The van der Waals surface area contributed by atoms with Gasteiger partial charge in [-0.25, -0.2) is 4.79 Å². The van der Waals surface area contributed by atoms with Crippen molar-refractivity contribution in [1.82, 2.24) is 4.57 Å². The topological polar surface area (TPSA) is 68.5 Å². The molecule has 1 N–H and O–H groups in total. The van der Waals surface area contributed by atoms with Crippen molar-refractivity contribution in [1.29, 1.82) is 0 Å². The first kappa shape index (κ1) is 24.7. The van der Waals surface area contributed by atoms with Crippen LogP contribution in [0.5, 0.6) is 5.75 Å². The van der Waals surface area contributed by atoms with Crippen LogP contribution < -0.4 is 4.74 Å². The molecule has 1 unspecified atom stereocenters. The quantitative estimate of drug-likeness (QED) is 0.263. The van der Waals surface area contributed by atoms with Crippen LogP contribution in [0.25, 0.3) is 17.2 Å². The Bertz CT molecular complexity index is 1360. The molecule has 4 rings (SSSR count). The van der Waals surface area contributed by atoms with Gasteiger partial charge >= 0.3 is 5.97 Å². The maximum absolute atomic E-state index is 13.2. The molecule has 0 aliphatic heterocycles. The van der Waals surface area contributed by atoms with Gasteiger partial charge in [-0.2, -0.15) is 0 Å². The van der Waals surface area contributed by atoms with Crippen LogP contribution in [-0.4, -0.2) is 27.5 Å². The molecule has 0 aliphatic carbocycles. The summed E-state index contributed by atoms with van der Waals surface area (Å²) in [6, 6.07) is 27.2. The molecule has 0 spiro atoms. The molecule has 1 heterocycles. The summed E-state index contributed by atoms with van der Waals surface area (Å²) in [4.78, 5) is 24.2. The predicted molar refractivity (Wildman–Crippen MR) is 142 cm³/mol. The number of carbonyl (C=O) groups excluding carboxylic acids is 1. The number of aliphatic carboxylic acids is 1. The molecule has 1 aromatic heterocycles. The number of ether oxygens (including phenoxy) is 1. The van der Waals surface area contributed by atoms with Gasteiger partial charge in [-0.05, 0) is 59.9 Å². The number of rotatable bonds is 10. The summed E-state index contributed by atoms with van der Waals surface area (Å²) in [5, 5.41) is 9.03. The summed E-state index contributed by atoms with van der Waals surface area (Å²) in [6.07, 6.45) is 5.85. The first-order chi connectivity index (χ1) is 17.4. The van der Waals surface area contributed by atoms with Crippen LogP contribution in [0.4, 0.5) is 0 Å². The minimum Gasteiger partial charge on any atom is -0.479 e. The number of hydrogen-bond donors (Lipinski definition) is 1. The number of aromatic nitrogens is 1. The van der Waals surface area contributed by atoms with Gasteiger partial charge in [0.05, 0.1) is 5.69 Å². The molecule has 36 heavy (non-hydrogen) atoms. The van der Waals surface area contributed by atoms with Crippen molar-refractivity contribution >= 4 is 17.8 Å². The van der Waals surface area contributed by atoms with E-state index in [0.29, 0.717) is 23.6 Å². The Balaban J connectivity index is 1.43. The molecule has 3 aromatic carbocycles. The number of benzene rings is 3. The van der Waals surface area contributed by atoms with E-state index in [9.17, 15) is 9.59 Å². The van der Waals surface area contributed by atoms with E-state index in [1.807, 2.05) is 71.4 Å². The van der Waals surface area contributed by atoms with Gasteiger partial charge < -0.3 is 14.4 Å². The second kappa shape index (κ2) is 11.4. The highest BCUT2D eigenvalue weighted by Crippen LogP contribution is 2.22. The average molecular weight is 480 g/mol. The number of carbonyl (C=O) groups is 2. The molecule has 5 heteroatoms. The lowest BCUT2D eigenvalue weighted by Gasteiger charge is -2.10. The van der Waals surface area contributed by atoms with Gasteiger partial charge in [0.15, 0.2) is 6.10 Å². The molecule has 0 saturated heterocycles. The number of nitrogens with zero attached hydrogens (tertiary/aromatic N) is 1. The summed E-state index contributed by atoms with van der Waals surface area (Å²) in [5.74, 6) is -0.547. The highest BCUT2D eigenvalue weighted by Gasteiger charge is 2.14. The monoisotopic (exact) mass is 479 g/mol. The van der Waals surface area contributed by atoms with Gasteiger partial charge in [0, 0.05) is 18.3 Å². The third kappa shape index (κ3) is 5.99. The van der Waals surface area contributed by atoms with Gasteiger partial charge in [0.2, 0.25) is 5.78 Å². The Morgan fingerprint density at radius 1 is 0.944 bits per heavy atom. The van der Waals surface area contributed by atoms with Crippen LogP contribution in [0.1, 0.15) is 41.0 Å². The summed E-state index contributed by atoms with van der Waals surface area (Å²) >= 11 is 0. The molecular formula is C31H29NO4. The number of aryl methyl sites for hydroxylation is 1. The number of ketones is 1. The zero-order valence-corrected chi connectivity index (χ0v) is 20.4. The lowest BCUT2D eigenvalue weighted by molar-refractivity contribution is -0.144. The van der Waals surface area contributed by atoms with Crippen LogP contribution in [-0.2, 0) is 17.8 Å². The van der Waals surface area contributed by atoms with Crippen LogP contribution in [0.2, 0.25) is 0 Å². The number of carboxylic acid groups (broad SMARTS) is 1. The van der Waals surface area contributed by atoms with E-state index in [0.717, 1.165) is 23.1 Å². The minimum absolute atomic E-state index is 0.0284. The molecule has 0 saturated carbocycles. The third-order valence-corrected chi connectivity index (χ3v) is 6.04. The van der Waals surface area contributed by atoms with Gasteiger partial charge in [-0.3, -0.25) is 4.79 Å². The second-order valence-corrected chi connectivity index (χ2v) is 8.58. The first-order valence-electron chi connectivity index (χ1n) is 12.0. The van der Waals surface area contributed by atoms with Crippen molar-refractivity contribution in [2.24, 2.45) is 0 Å². The van der Waals surface area contributed by atoms with Crippen molar-refractivity contribution in [2.75, 3.05) is 0 Å². The van der Waals surface area contributed by atoms with Crippen molar-refractivity contribution in [3.63, 3.8) is 0 Å². The van der Waals surface area contributed by atoms with E-state index < -0.39 is 12.1 Å². The van der Waals surface area contributed by atoms with E-state index in [-0.39, 0.29) is 5.78 Å². The summed E-state index contributed by atoms with van der Waals surface area (Å²) in [5.41, 5.74) is 5.65. The van der Waals surface area contributed by atoms with Crippen molar-refractivity contribution in [2.45, 2.75) is 32.9 Å². The minimum atomic E-state index is -1.01. The Labute approximate surface area is 211 Å². The molecule has 0 bridgehead atoms. The van der Waals surface area contributed by atoms with Gasteiger partial charge in [0.25, 0.3) is 0 Å². The number of hydrogen-bond acceptors (Lipinski definition) is 3. The number of carboxylic acids is 1. The molecule has 182 valence electrons. The maximum Gasteiger partial charge on any atom is 0.344 e. The van der Waals surface area contributed by atoms with E-state index >= 15 is 0 Å². The zero-order chi connectivity index (χ0) is 25.5. The lowest BCUT2D eigenvalue weighted by atomic mass is 10.00. The van der Waals surface area contributed by atoms with Crippen LogP contribution in [0, 0.1) is 0 Å². The third-order valence-electron chi connectivity index (χ3n) is 6.04. The van der Waals surface area contributed by atoms with Crippen LogP contribution >= 0.6 is 0 Å². The molecule has 4 aromatic rings. The van der Waals surface area contributed by atoms with E-state index in [4.69, 9.17) is 9.84 Å². The number of allylic oxidation sites excluding steroid dienone is 1. The molecular weight excluding hydrogens is 450 g/mol. The Kier molecular flexibility index (Phi) is 7.81. The van der Waals surface area contributed by atoms with Crippen molar-refractivity contribution in [3.05, 3.63) is 120 Å². The molecule has 0 amide bonds. The van der Waals surface area contributed by atoms with Gasteiger partial charge in [-0.1, -0.05) is 79.7 Å². The van der Waals surface area contributed by atoms with E-state index in [1.165, 1.54) is 12.5 Å². The second-order valence-electron chi connectivity index (χ2n) is 8.58. The van der Waals surface area contributed by atoms with Gasteiger partial charge in [0.1, 0.15) is 5.75 Å². The van der Waals surface area contributed by atoms with Gasteiger partial charge in [-0.15, -0.1) is 0 Å². The average Bonchev–Trinajstić information content (AvgIpc) is 3.37. The lowest BCUT2D eigenvalue weighted by Crippen LogP contribution is -2.22. The fourth-order valence-electron chi connectivity index (χ4n) is 3.92. The Hall–Kier alpha value is -4.38. The summed E-state index contributed by atoms with van der Waals surface area (Å²) < 4.78 is 7.34. The highest BCUT2D eigenvalue weighted by atomic mass is 16.5. The fraction of sp³-hybridized carbons (Fsp3) is 0.161. The zero-order valence-electron chi connectivity index (χ0n) is 20.4. The van der Waals surface area contributed by atoms with Crippen LogP contribution in [0.3, 0.4) is 0 Å². The van der Waals surface area contributed by atoms with E-state index in [1.54, 1.807) is 12.1 Å². The van der Waals surface area contributed by atoms with E-state index in [2.05, 4.69) is 31.2 Å². The normalized spacial score (nSPS) is 11.9. The molecule has 0 aliphatic rings. The summed E-state index contributed by atoms with van der Waals surface area (Å²) in [7, 11) is 0. The highest BCUT2D eigenvalue weighted by molar-refractivity contribution is 6.08. The Morgan fingerprint density at radius 2 is 1.64 bits per heavy atom. The molecule has 0 fully saturated rings. The first-order valence-corrected chi connectivity index (χ1v) is 12.0. The Morgan fingerprint density at radius 3 is 2.31 bits per heavy atom. The standard InChI is InChI=1S/C31H29NO4/c1-3-23-11-13-25(14-12-23)26-15-17-27(18-16-26)30(33)29-10-6-20-32(29)19-5-8-24-7-4-9-28(21-24)36-22(2)31(34)35/h4-18,20-22H,3,19H2,1-2H3,(H,34,35)/b8-5+. The SMILES string of the molecule is CCc1ccc(-c2ccc(C(=O)c3cccn3C/C=C/c3cccc(OC(C)C(=O)O)c3)cc2)cc1. The molecule has 5 nitrogen and oxygen atoms in total. The summed E-state index contributed by atoms with van der Waals surface area (Å²) in [6.45, 7) is 4.15. The predicted octanol–water partition coefficient (Wildman–Crippen LogP) is 6.51. The maximum atomic E-state index is 13.2. The van der Waals surface area contributed by atoms with Crippen molar-refractivity contribution < 1.29 is 19.4 Å². The molecule has 0 radical (unpaired) electrons.